The van der Waals surface area contributed by atoms with Gasteiger partial charge in [-0.2, -0.15) is 4.98 Å². The molecule has 2 aliphatic rings. The van der Waals surface area contributed by atoms with E-state index in [1.807, 2.05) is 30.5 Å². The first-order chi connectivity index (χ1) is 15.5. The summed E-state index contributed by atoms with van der Waals surface area (Å²) in [6.45, 7) is 11.0. The van der Waals surface area contributed by atoms with E-state index < -0.39 is 11.2 Å². The molecule has 0 amide bonds. The van der Waals surface area contributed by atoms with Crippen molar-refractivity contribution >= 4 is 11.0 Å². The Morgan fingerprint density at radius 3 is 2.44 bits per heavy atom. The van der Waals surface area contributed by atoms with Gasteiger partial charge in [-0.15, -0.1) is 0 Å². The van der Waals surface area contributed by atoms with Crippen LogP contribution < -0.4 is 11.2 Å². The number of aromatic amines is 1. The van der Waals surface area contributed by atoms with Gasteiger partial charge in [0.05, 0.1) is 11.0 Å². The fourth-order valence-corrected chi connectivity index (χ4v) is 3.90. The lowest BCUT2D eigenvalue weighted by molar-refractivity contribution is 0.582. The number of hydrogen-bond donors (Lipinski definition) is 1. The maximum absolute atomic E-state index is 12.4. The van der Waals surface area contributed by atoms with E-state index in [1.54, 1.807) is 0 Å². The number of fused-ring (bicyclic) bond motifs is 2. The van der Waals surface area contributed by atoms with Crippen LogP contribution in [0.25, 0.3) is 22.6 Å². The quantitative estimate of drug-likeness (QED) is 0.432. The number of nitrogens with one attached hydrogen (secondary N) is 1. The summed E-state index contributed by atoms with van der Waals surface area (Å²) >= 11 is 0. The van der Waals surface area contributed by atoms with E-state index in [0.29, 0.717) is 18.3 Å². The second kappa shape index (κ2) is 10.4. The smallest absolute Gasteiger partial charge is 0.322 e. The predicted molar refractivity (Wildman–Crippen MR) is 131 cm³/mol. The number of nitrogens with zero attached hydrogens (tertiary/aromatic N) is 3. The monoisotopic (exact) mass is 432 g/mol. The number of rotatable bonds is 6. The second-order valence-corrected chi connectivity index (χ2v) is 7.98. The Balaban J connectivity index is 0.00000141. The minimum Gasteiger partial charge on any atom is -0.322 e. The van der Waals surface area contributed by atoms with Crippen LogP contribution in [-0.2, 0) is 13.0 Å². The second-order valence-electron chi connectivity index (χ2n) is 7.98. The van der Waals surface area contributed by atoms with Crippen LogP contribution in [0.15, 0.2) is 52.1 Å². The molecule has 2 heterocycles. The van der Waals surface area contributed by atoms with Gasteiger partial charge in [0.1, 0.15) is 0 Å². The normalized spacial score (nSPS) is 11.9. The van der Waals surface area contributed by atoms with E-state index >= 15 is 0 Å². The summed E-state index contributed by atoms with van der Waals surface area (Å²) in [6.07, 6.45) is 2.84. The molecule has 2 aliphatic heterocycles. The van der Waals surface area contributed by atoms with Crippen LogP contribution in [-0.4, -0.2) is 19.5 Å². The molecule has 0 saturated heterocycles. The fraction of sp³-hybridized carbons (Fsp3) is 0.385. The molecule has 0 bridgehead atoms. The SMILES string of the molecule is CC.CCCc1ccc2c(c1)nc1c(=O)[nH]c(=O)nc-1n2CCC(C)c1ccc(C)cc1. The number of aromatic nitrogens is 4. The van der Waals surface area contributed by atoms with E-state index in [2.05, 4.69) is 66.1 Å². The summed E-state index contributed by atoms with van der Waals surface area (Å²) in [5.41, 5.74) is 4.40. The van der Waals surface area contributed by atoms with Gasteiger partial charge in [0.2, 0.25) is 0 Å². The molecule has 6 nitrogen and oxygen atoms in total. The highest BCUT2D eigenvalue weighted by Gasteiger charge is 2.19. The minimum atomic E-state index is -0.642. The Morgan fingerprint density at radius 1 is 1.03 bits per heavy atom. The van der Waals surface area contributed by atoms with Crippen molar-refractivity contribution in [2.24, 2.45) is 0 Å². The molecule has 0 saturated carbocycles. The van der Waals surface area contributed by atoms with Crippen LogP contribution in [0.2, 0.25) is 0 Å². The molecule has 0 spiro atoms. The molecule has 1 atom stereocenters. The fourth-order valence-electron chi connectivity index (χ4n) is 3.90. The zero-order valence-corrected chi connectivity index (χ0v) is 19.6. The van der Waals surface area contributed by atoms with Crippen LogP contribution in [0.3, 0.4) is 0 Å². The largest absolute Gasteiger partial charge is 0.349 e. The number of hydrogen-bond acceptors (Lipinski definition) is 4. The van der Waals surface area contributed by atoms with Crippen molar-refractivity contribution in [3.05, 3.63) is 80.0 Å². The third-order valence-electron chi connectivity index (χ3n) is 5.64. The molecule has 168 valence electrons. The average Bonchev–Trinajstić information content (AvgIpc) is 2.79. The van der Waals surface area contributed by atoms with Crippen molar-refractivity contribution in [3.63, 3.8) is 0 Å². The highest BCUT2D eigenvalue weighted by atomic mass is 16.2. The van der Waals surface area contributed by atoms with Crippen LogP contribution >= 0.6 is 0 Å². The molecule has 2 aromatic rings. The zero-order chi connectivity index (χ0) is 23.3. The molecule has 1 unspecified atom stereocenters. The van der Waals surface area contributed by atoms with Gasteiger partial charge in [0.15, 0.2) is 11.5 Å². The lowest BCUT2D eigenvalue weighted by atomic mass is 9.97. The maximum atomic E-state index is 12.4. The van der Waals surface area contributed by atoms with Crippen molar-refractivity contribution in [2.75, 3.05) is 0 Å². The Labute approximate surface area is 188 Å². The molecule has 0 aliphatic carbocycles. The van der Waals surface area contributed by atoms with Crippen LogP contribution in [0.4, 0.5) is 0 Å². The molecular formula is C26H32N4O2. The number of aryl methyl sites for hydroxylation is 3. The first-order valence-electron chi connectivity index (χ1n) is 11.5. The van der Waals surface area contributed by atoms with Gasteiger partial charge in [0, 0.05) is 6.54 Å². The van der Waals surface area contributed by atoms with Crippen molar-refractivity contribution in [3.8, 4) is 11.5 Å². The highest BCUT2D eigenvalue weighted by molar-refractivity contribution is 5.80. The summed E-state index contributed by atoms with van der Waals surface area (Å²) in [7, 11) is 0. The van der Waals surface area contributed by atoms with Crippen LogP contribution in [0.1, 0.15) is 63.1 Å². The maximum Gasteiger partial charge on any atom is 0.349 e. The summed E-state index contributed by atoms with van der Waals surface area (Å²) in [4.78, 5) is 35.2. The molecule has 0 fully saturated rings. The lowest BCUT2D eigenvalue weighted by Gasteiger charge is -2.19. The molecular weight excluding hydrogens is 400 g/mol. The van der Waals surface area contributed by atoms with E-state index in [9.17, 15) is 9.59 Å². The minimum absolute atomic E-state index is 0.207. The topological polar surface area (TPSA) is 80.6 Å². The molecule has 4 rings (SSSR count). The lowest BCUT2D eigenvalue weighted by Crippen LogP contribution is -2.29. The first-order valence-corrected chi connectivity index (χ1v) is 11.5. The van der Waals surface area contributed by atoms with Crippen molar-refractivity contribution in [2.45, 2.75) is 66.3 Å². The third kappa shape index (κ3) is 4.96. The summed E-state index contributed by atoms with van der Waals surface area (Å²) < 4.78 is 1.97. The number of H-pyrrole nitrogens is 1. The molecule has 1 N–H and O–H groups in total. The average molecular weight is 433 g/mol. The van der Waals surface area contributed by atoms with E-state index in [1.165, 1.54) is 16.7 Å². The third-order valence-corrected chi connectivity index (χ3v) is 5.64. The van der Waals surface area contributed by atoms with Crippen molar-refractivity contribution < 1.29 is 0 Å². The van der Waals surface area contributed by atoms with Gasteiger partial charge < -0.3 is 4.57 Å². The van der Waals surface area contributed by atoms with Gasteiger partial charge >= 0.3 is 5.69 Å². The van der Waals surface area contributed by atoms with Gasteiger partial charge in [-0.05, 0) is 48.9 Å². The first kappa shape index (κ1) is 23.4. The van der Waals surface area contributed by atoms with Gasteiger partial charge in [-0.25, -0.2) is 9.78 Å². The standard InChI is InChI=1S/C24H26N4O2.C2H6/c1-4-5-17-8-11-20-19(14-17)25-21-22(26-24(30)27-23(21)29)28(20)13-12-16(3)18-9-6-15(2)7-10-18;1-2/h6-11,14,16H,4-5,12-13H2,1-3H3,(H,27,29,30);1-2H3. The molecule has 32 heavy (non-hydrogen) atoms. The van der Waals surface area contributed by atoms with Gasteiger partial charge in [0.25, 0.3) is 5.56 Å². The Hall–Kier alpha value is -3.28. The summed E-state index contributed by atoms with van der Waals surface area (Å²) in [5, 5.41) is 0. The number of benzene rings is 2. The van der Waals surface area contributed by atoms with Gasteiger partial charge in [-0.3, -0.25) is 9.78 Å². The summed E-state index contributed by atoms with van der Waals surface area (Å²) in [5.74, 6) is 0.667. The van der Waals surface area contributed by atoms with Crippen molar-refractivity contribution in [1.82, 2.24) is 19.5 Å². The van der Waals surface area contributed by atoms with Gasteiger partial charge in [-0.1, -0.05) is 70.0 Å². The van der Waals surface area contributed by atoms with E-state index in [4.69, 9.17) is 0 Å². The molecule has 2 aromatic carbocycles. The van der Waals surface area contributed by atoms with E-state index in [-0.39, 0.29) is 5.69 Å². The Morgan fingerprint density at radius 2 is 1.75 bits per heavy atom. The summed E-state index contributed by atoms with van der Waals surface area (Å²) in [6, 6.07) is 14.7. The van der Waals surface area contributed by atoms with Crippen LogP contribution in [0, 0.1) is 6.92 Å². The molecule has 0 aromatic heterocycles. The zero-order valence-electron chi connectivity index (χ0n) is 19.6. The predicted octanol–water partition coefficient (Wildman–Crippen LogP) is 5.07. The Bertz CT molecular complexity index is 1270. The highest BCUT2D eigenvalue weighted by Crippen LogP contribution is 2.26. The van der Waals surface area contributed by atoms with E-state index in [0.717, 1.165) is 30.3 Å². The van der Waals surface area contributed by atoms with Crippen molar-refractivity contribution in [1.29, 1.82) is 0 Å². The Kier molecular flexibility index (Phi) is 7.57. The molecule has 0 radical (unpaired) electrons. The van der Waals surface area contributed by atoms with Crippen LogP contribution in [0.5, 0.6) is 0 Å². The molecule has 6 heteroatoms.